The monoisotopic (exact) mass is 372 g/mol. The number of anilines is 1. The molecule has 0 spiro atoms. The molecule has 1 aromatic heterocycles. The second kappa shape index (κ2) is 7.69. The number of amides is 2. The third-order valence-corrected chi connectivity index (χ3v) is 4.42. The first-order chi connectivity index (χ1) is 12.9. The maximum absolute atomic E-state index is 12.5. The van der Waals surface area contributed by atoms with E-state index in [1.807, 2.05) is 0 Å². The van der Waals surface area contributed by atoms with Crippen LogP contribution in [0.1, 0.15) is 44.0 Å². The summed E-state index contributed by atoms with van der Waals surface area (Å²) in [6.07, 6.45) is 5.10. The van der Waals surface area contributed by atoms with Crippen LogP contribution < -0.4 is 20.1 Å². The average Bonchev–Trinajstić information content (AvgIpc) is 3.30. The Balaban J connectivity index is 1.66. The smallest absolute Gasteiger partial charge is 0.255 e. The van der Waals surface area contributed by atoms with Gasteiger partial charge in [0.1, 0.15) is 5.54 Å². The summed E-state index contributed by atoms with van der Waals surface area (Å²) in [6, 6.07) is 5.00. The average molecular weight is 372 g/mol. The minimum atomic E-state index is -0.866. The van der Waals surface area contributed by atoms with Crippen LogP contribution in [0.15, 0.2) is 30.6 Å². The summed E-state index contributed by atoms with van der Waals surface area (Å²) in [6.45, 7) is 6.42. The molecule has 2 aromatic rings. The van der Waals surface area contributed by atoms with E-state index >= 15 is 0 Å². The molecule has 144 valence electrons. The number of ether oxygens (including phenoxy) is 2. The minimum absolute atomic E-state index is 0.118. The second-order valence-electron chi connectivity index (χ2n) is 6.86. The van der Waals surface area contributed by atoms with Crippen LogP contribution in [0.2, 0.25) is 0 Å². The van der Waals surface area contributed by atoms with Gasteiger partial charge in [0.25, 0.3) is 5.91 Å². The molecule has 8 heteroatoms. The third-order valence-electron chi connectivity index (χ3n) is 4.42. The standard InChI is InChI=1S/C19H24N4O4/c1-4-5-8-20-18(25)19(2,3)23-11-14(10-21-23)22-17(24)13-6-7-15-16(9-13)27-12-26-15/h6-7,9-11H,4-5,8,12H2,1-3H3,(H,20,25)(H,22,24). The zero-order chi connectivity index (χ0) is 19.4. The highest BCUT2D eigenvalue weighted by Gasteiger charge is 2.30. The summed E-state index contributed by atoms with van der Waals surface area (Å²) in [7, 11) is 0. The van der Waals surface area contributed by atoms with Crippen LogP contribution in [0.25, 0.3) is 0 Å². The molecule has 0 unspecified atom stereocenters. The quantitative estimate of drug-likeness (QED) is 0.728. The van der Waals surface area contributed by atoms with Crippen molar-refractivity contribution in [1.82, 2.24) is 15.1 Å². The number of nitrogens with zero attached hydrogens (tertiary/aromatic N) is 2. The maximum Gasteiger partial charge on any atom is 0.255 e. The van der Waals surface area contributed by atoms with E-state index in [1.165, 1.54) is 6.20 Å². The molecule has 8 nitrogen and oxygen atoms in total. The number of hydrogen-bond acceptors (Lipinski definition) is 5. The van der Waals surface area contributed by atoms with Crippen LogP contribution in [0, 0.1) is 0 Å². The number of aromatic nitrogens is 2. The van der Waals surface area contributed by atoms with Crippen molar-refractivity contribution in [3.8, 4) is 11.5 Å². The number of carbonyl (C=O) groups excluding carboxylic acids is 2. The zero-order valence-corrected chi connectivity index (χ0v) is 15.7. The van der Waals surface area contributed by atoms with Gasteiger partial charge in [-0.25, -0.2) is 0 Å². The fraction of sp³-hybridized carbons (Fsp3) is 0.421. The molecule has 0 fully saturated rings. The van der Waals surface area contributed by atoms with Crippen molar-refractivity contribution in [3.05, 3.63) is 36.2 Å². The Morgan fingerprint density at radius 2 is 2.04 bits per heavy atom. The number of rotatable bonds is 7. The van der Waals surface area contributed by atoms with E-state index in [-0.39, 0.29) is 18.6 Å². The van der Waals surface area contributed by atoms with Gasteiger partial charge in [0.2, 0.25) is 12.7 Å². The van der Waals surface area contributed by atoms with Crippen molar-refractivity contribution < 1.29 is 19.1 Å². The van der Waals surface area contributed by atoms with Gasteiger partial charge in [-0.1, -0.05) is 13.3 Å². The van der Waals surface area contributed by atoms with Crippen LogP contribution in [0.3, 0.4) is 0 Å². The van der Waals surface area contributed by atoms with Crippen LogP contribution in [-0.2, 0) is 10.3 Å². The lowest BCUT2D eigenvalue weighted by Crippen LogP contribution is -2.45. The summed E-state index contributed by atoms with van der Waals surface area (Å²) < 4.78 is 12.1. The topological polar surface area (TPSA) is 94.5 Å². The Bertz CT molecular complexity index is 844. The Labute approximate surface area is 157 Å². The summed E-state index contributed by atoms with van der Waals surface area (Å²) in [4.78, 5) is 24.9. The first-order valence-electron chi connectivity index (χ1n) is 8.96. The molecule has 2 heterocycles. The second-order valence-corrected chi connectivity index (χ2v) is 6.86. The Morgan fingerprint density at radius 1 is 1.26 bits per heavy atom. The summed E-state index contributed by atoms with van der Waals surface area (Å²) in [5.41, 5.74) is 0.0887. The predicted molar refractivity (Wildman–Crippen MR) is 100.0 cm³/mol. The molecule has 0 atom stereocenters. The van der Waals surface area contributed by atoms with Gasteiger partial charge in [0.15, 0.2) is 11.5 Å². The van der Waals surface area contributed by atoms with Crippen molar-refractivity contribution in [1.29, 1.82) is 0 Å². The highest BCUT2D eigenvalue weighted by atomic mass is 16.7. The van der Waals surface area contributed by atoms with Crippen molar-refractivity contribution in [3.63, 3.8) is 0 Å². The molecule has 0 saturated carbocycles. The van der Waals surface area contributed by atoms with Crippen molar-refractivity contribution in [2.75, 3.05) is 18.7 Å². The summed E-state index contributed by atoms with van der Waals surface area (Å²) >= 11 is 0. The third kappa shape index (κ3) is 4.05. The van der Waals surface area contributed by atoms with E-state index in [0.717, 1.165) is 12.8 Å². The van der Waals surface area contributed by atoms with E-state index in [0.29, 0.717) is 29.3 Å². The molecule has 1 aromatic carbocycles. The molecule has 0 radical (unpaired) electrons. The van der Waals surface area contributed by atoms with Crippen molar-refractivity contribution in [2.45, 2.75) is 39.2 Å². The van der Waals surface area contributed by atoms with Gasteiger partial charge in [-0.2, -0.15) is 5.10 Å². The number of carbonyl (C=O) groups is 2. The summed E-state index contributed by atoms with van der Waals surface area (Å²) in [5.74, 6) is 0.754. The molecule has 2 amide bonds. The van der Waals surface area contributed by atoms with E-state index in [1.54, 1.807) is 42.9 Å². The molecule has 0 bridgehead atoms. The lowest BCUT2D eigenvalue weighted by Gasteiger charge is -2.24. The first-order valence-corrected chi connectivity index (χ1v) is 8.96. The van der Waals surface area contributed by atoms with Crippen LogP contribution in [0.5, 0.6) is 11.5 Å². The fourth-order valence-electron chi connectivity index (χ4n) is 2.63. The van der Waals surface area contributed by atoms with Crippen LogP contribution in [-0.4, -0.2) is 34.9 Å². The summed E-state index contributed by atoms with van der Waals surface area (Å²) in [5, 5.41) is 9.93. The van der Waals surface area contributed by atoms with E-state index in [2.05, 4.69) is 22.7 Å². The Morgan fingerprint density at radius 3 is 2.81 bits per heavy atom. The molecular formula is C19H24N4O4. The SMILES string of the molecule is CCCCNC(=O)C(C)(C)n1cc(NC(=O)c2ccc3c(c2)OCO3)cn1. The first kappa shape index (κ1) is 18.8. The van der Waals surface area contributed by atoms with E-state index in [9.17, 15) is 9.59 Å². The fourth-order valence-corrected chi connectivity index (χ4v) is 2.63. The van der Waals surface area contributed by atoms with Gasteiger partial charge in [-0.3, -0.25) is 14.3 Å². The highest BCUT2D eigenvalue weighted by molar-refractivity contribution is 6.04. The van der Waals surface area contributed by atoms with Gasteiger partial charge in [-0.05, 0) is 38.5 Å². The predicted octanol–water partition coefficient (Wildman–Crippen LogP) is 2.52. The van der Waals surface area contributed by atoms with Gasteiger partial charge in [0.05, 0.1) is 11.9 Å². The Kier molecular flexibility index (Phi) is 5.34. The van der Waals surface area contributed by atoms with Crippen molar-refractivity contribution in [2.24, 2.45) is 0 Å². The van der Waals surface area contributed by atoms with Crippen molar-refractivity contribution >= 4 is 17.5 Å². The zero-order valence-electron chi connectivity index (χ0n) is 15.7. The largest absolute Gasteiger partial charge is 0.454 e. The lowest BCUT2D eigenvalue weighted by molar-refractivity contribution is -0.128. The molecule has 2 N–H and O–H groups in total. The molecule has 27 heavy (non-hydrogen) atoms. The number of fused-ring (bicyclic) bond motifs is 1. The van der Waals surface area contributed by atoms with Gasteiger partial charge in [-0.15, -0.1) is 0 Å². The van der Waals surface area contributed by atoms with E-state index < -0.39 is 5.54 Å². The van der Waals surface area contributed by atoms with Gasteiger partial charge >= 0.3 is 0 Å². The Hall–Kier alpha value is -3.03. The normalized spacial score (nSPS) is 12.7. The van der Waals surface area contributed by atoms with Crippen LogP contribution in [0.4, 0.5) is 5.69 Å². The van der Waals surface area contributed by atoms with Gasteiger partial charge in [0, 0.05) is 18.3 Å². The number of hydrogen-bond donors (Lipinski definition) is 2. The minimum Gasteiger partial charge on any atom is -0.454 e. The molecule has 1 aliphatic heterocycles. The molecule has 0 aliphatic carbocycles. The number of benzene rings is 1. The highest BCUT2D eigenvalue weighted by Crippen LogP contribution is 2.32. The maximum atomic E-state index is 12.5. The van der Waals surface area contributed by atoms with Crippen LogP contribution >= 0.6 is 0 Å². The lowest BCUT2D eigenvalue weighted by atomic mass is 10.1. The molecular weight excluding hydrogens is 348 g/mol. The molecule has 3 rings (SSSR count). The van der Waals surface area contributed by atoms with Gasteiger partial charge < -0.3 is 20.1 Å². The molecule has 1 aliphatic rings. The number of unbranched alkanes of at least 4 members (excludes halogenated alkanes) is 1. The number of nitrogens with one attached hydrogen (secondary N) is 2. The molecule has 0 saturated heterocycles. The van der Waals surface area contributed by atoms with E-state index in [4.69, 9.17) is 9.47 Å².